The quantitative estimate of drug-likeness (QED) is 0.434. The number of rotatable bonds is 7. The number of halogens is 2. The molecule has 0 radical (unpaired) electrons. The maximum absolute atomic E-state index is 11.9. The van der Waals surface area contributed by atoms with Crippen LogP contribution in [0, 0.1) is 0 Å². The van der Waals surface area contributed by atoms with Gasteiger partial charge in [-0.2, -0.15) is 0 Å². The fourth-order valence-corrected chi connectivity index (χ4v) is 2.19. The van der Waals surface area contributed by atoms with Crippen LogP contribution in [0.5, 0.6) is 0 Å². The van der Waals surface area contributed by atoms with Crippen molar-refractivity contribution in [2.45, 2.75) is 19.8 Å². The molecular formula is C13H14BrClO3. The highest BCUT2D eigenvalue weighted by Gasteiger charge is 2.14. The normalized spacial score (nSPS) is 10.4. The Kier molecular flexibility index (Phi) is 6.54. The predicted molar refractivity (Wildman–Crippen MR) is 74.2 cm³/mol. The number of ether oxygens (including phenoxy) is 1. The lowest BCUT2D eigenvalue weighted by atomic mass is 10.0. The van der Waals surface area contributed by atoms with Crippen molar-refractivity contribution < 1.29 is 14.3 Å². The Hall–Kier alpha value is -0.710. The van der Waals surface area contributed by atoms with Gasteiger partial charge in [0.1, 0.15) is 5.78 Å². The zero-order valence-corrected chi connectivity index (χ0v) is 12.4. The molecule has 3 nitrogen and oxygen atoms in total. The number of ketones is 2. The highest BCUT2D eigenvalue weighted by molar-refractivity contribution is 9.10. The molecule has 1 rings (SSSR count). The minimum absolute atomic E-state index is 0.131. The van der Waals surface area contributed by atoms with Gasteiger partial charge in [-0.05, 0) is 25.1 Å². The zero-order chi connectivity index (χ0) is 13.5. The summed E-state index contributed by atoms with van der Waals surface area (Å²) in [5.41, 5.74) is 0.379. The van der Waals surface area contributed by atoms with Crippen LogP contribution in [-0.4, -0.2) is 24.8 Å². The van der Waals surface area contributed by atoms with Crippen LogP contribution in [0.25, 0.3) is 0 Å². The molecule has 0 aliphatic heterocycles. The average Bonchev–Trinajstić information content (AvgIpc) is 2.28. The van der Waals surface area contributed by atoms with Crippen LogP contribution in [0.3, 0.4) is 0 Å². The summed E-state index contributed by atoms with van der Waals surface area (Å²) in [6.07, 6.45) is 0.127. The van der Waals surface area contributed by atoms with Gasteiger partial charge in [0.2, 0.25) is 0 Å². The van der Waals surface area contributed by atoms with Crippen molar-refractivity contribution in [3.63, 3.8) is 0 Å². The van der Waals surface area contributed by atoms with E-state index in [9.17, 15) is 9.59 Å². The smallest absolute Gasteiger partial charge is 0.171 e. The van der Waals surface area contributed by atoms with E-state index in [4.69, 9.17) is 16.3 Å². The molecule has 0 fully saturated rings. The first-order valence-corrected chi connectivity index (χ1v) is 6.79. The lowest BCUT2D eigenvalue weighted by molar-refractivity contribution is -0.119. The van der Waals surface area contributed by atoms with E-state index in [0.29, 0.717) is 23.8 Å². The summed E-state index contributed by atoms with van der Waals surface area (Å²) in [6, 6.07) is 4.98. The maximum Gasteiger partial charge on any atom is 0.171 e. The third kappa shape index (κ3) is 4.88. The van der Waals surface area contributed by atoms with Crippen LogP contribution in [0.1, 0.15) is 30.1 Å². The van der Waals surface area contributed by atoms with E-state index in [-0.39, 0.29) is 24.4 Å². The lowest BCUT2D eigenvalue weighted by Gasteiger charge is -2.04. The molecule has 0 atom stereocenters. The molecule has 1 aromatic carbocycles. The monoisotopic (exact) mass is 332 g/mol. The molecule has 0 spiro atoms. The number of carbonyl (C=O) groups excluding carboxylic acids is 2. The topological polar surface area (TPSA) is 43.4 Å². The van der Waals surface area contributed by atoms with Crippen LogP contribution < -0.4 is 0 Å². The Bertz CT molecular complexity index is 446. The van der Waals surface area contributed by atoms with E-state index in [0.717, 1.165) is 4.47 Å². The molecule has 0 saturated carbocycles. The summed E-state index contributed by atoms with van der Waals surface area (Å²) in [6.45, 7) is 2.79. The average molecular weight is 334 g/mol. The van der Waals surface area contributed by atoms with Crippen molar-refractivity contribution in [1.29, 1.82) is 0 Å². The molecule has 98 valence electrons. The van der Waals surface area contributed by atoms with E-state index >= 15 is 0 Å². The number of Topliss-reactive ketones (excluding diaryl/α,β-unsaturated/α-hetero) is 2. The molecule has 0 aliphatic carbocycles. The van der Waals surface area contributed by atoms with Gasteiger partial charge in [0.15, 0.2) is 5.78 Å². The second kappa shape index (κ2) is 7.67. The van der Waals surface area contributed by atoms with Gasteiger partial charge in [-0.25, -0.2) is 0 Å². The van der Waals surface area contributed by atoms with E-state index in [1.54, 1.807) is 18.2 Å². The van der Waals surface area contributed by atoms with Gasteiger partial charge in [-0.1, -0.05) is 27.5 Å². The molecule has 0 aromatic heterocycles. The molecule has 0 bridgehead atoms. The number of carbonyl (C=O) groups is 2. The summed E-state index contributed by atoms with van der Waals surface area (Å²) in [7, 11) is 0. The highest BCUT2D eigenvalue weighted by Crippen LogP contribution is 2.22. The summed E-state index contributed by atoms with van der Waals surface area (Å²) in [5, 5.41) is 0.354. The van der Waals surface area contributed by atoms with Crippen molar-refractivity contribution in [2.24, 2.45) is 0 Å². The first-order valence-electron chi connectivity index (χ1n) is 5.62. The van der Waals surface area contributed by atoms with Crippen molar-refractivity contribution in [2.75, 3.05) is 13.2 Å². The van der Waals surface area contributed by atoms with Gasteiger partial charge >= 0.3 is 0 Å². The highest BCUT2D eigenvalue weighted by atomic mass is 79.9. The Balaban J connectivity index is 2.57. The third-order valence-corrected chi connectivity index (χ3v) is 3.12. The van der Waals surface area contributed by atoms with E-state index in [2.05, 4.69) is 15.9 Å². The van der Waals surface area contributed by atoms with Crippen LogP contribution in [0.2, 0.25) is 5.02 Å². The van der Waals surface area contributed by atoms with Crippen molar-refractivity contribution in [3.05, 3.63) is 33.3 Å². The number of benzene rings is 1. The van der Waals surface area contributed by atoms with Crippen LogP contribution in [-0.2, 0) is 9.53 Å². The second-order valence-corrected chi connectivity index (χ2v) is 5.03. The lowest BCUT2D eigenvalue weighted by Crippen LogP contribution is -2.11. The molecule has 18 heavy (non-hydrogen) atoms. The molecule has 0 saturated heterocycles. The van der Waals surface area contributed by atoms with Gasteiger partial charge < -0.3 is 4.74 Å². The third-order valence-electron chi connectivity index (χ3n) is 2.32. The molecule has 0 amide bonds. The van der Waals surface area contributed by atoms with Gasteiger partial charge in [-0.3, -0.25) is 9.59 Å². The minimum Gasteiger partial charge on any atom is -0.381 e. The summed E-state index contributed by atoms with van der Waals surface area (Å²) in [4.78, 5) is 23.4. The van der Waals surface area contributed by atoms with Crippen molar-refractivity contribution in [1.82, 2.24) is 0 Å². The zero-order valence-electron chi connectivity index (χ0n) is 10.0. The number of hydrogen-bond donors (Lipinski definition) is 0. The fourth-order valence-electron chi connectivity index (χ4n) is 1.41. The van der Waals surface area contributed by atoms with E-state index < -0.39 is 0 Å². The minimum atomic E-state index is -0.256. The molecule has 1 aromatic rings. The molecule has 5 heteroatoms. The molecule has 0 N–H and O–H groups in total. The first kappa shape index (κ1) is 15.3. The molecule has 0 aliphatic rings. The Morgan fingerprint density at radius 2 is 2.11 bits per heavy atom. The van der Waals surface area contributed by atoms with Gasteiger partial charge in [0.25, 0.3) is 0 Å². The Morgan fingerprint density at radius 1 is 1.39 bits per heavy atom. The van der Waals surface area contributed by atoms with Gasteiger partial charge in [-0.15, -0.1) is 0 Å². The predicted octanol–water partition coefficient (Wildman–Crippen LogP) is 3.67. The number of hydrogen-bond acceptors (Lipinski definition) is 3. The van der Waals surface area contributed by atoms with Crippen LogP contribution in [0.15, 0.2) is 22.7 Å². The first-order chi connectivity index (χ1) is 8.54. The van der Waals surface area contributed by atoms with Crippen molar-refractivity contribution >= 4 is 39.1 Å². The molecule has 0 heterocycles. The summed E-state index contributed by atoms with van der Waals surface area (Å²) < 4.78 is 5.86. The van der Waals surface area contributed by atoms with Crippen molar-refractivity contribution in [3.8, 4) is 0 Å². The second-order valence-electron chi connectivity index (χ2n) is 3.71. The van der Waals surface area contributed by atoms with Gasteiger partial charge in [0, 0.05) is 23.1 Å². The summed E-state index contributed by atoms with van der Waals surface area (Å²) in [5.74, 6) is -0.388. The van der Waals surface area contributed by atoms with E-state index in [1.165, 1.54) is 0 Å². The summed E-state index contributed by atoms with van der Waals surface area (Å²) >= 11 is 9.21. The Morgan fingerprint density at radius 3 is 2.72 bits per heavy atom. The van der Waals surface area contributed by atoms with E-state index in [1.807, 2.05) is 6.92 Å². The molecule has 0 unspecified atom stereocenters. The SMILES string of the molecule is CCOCCC(=O)CC(=O)c1ccc(Br)cc1Cl. The van der Waals surface area contributed by atoms with Crippen LogP contribution >= 0.6 is 27.5 Å². The van der Waals surface area contributed by atoms with Crippen LogP contribution in [0.4, 0.5) is 0 Å². The molecular weight excluding hydrogens is 319 g/mol. The fraction of sp³-hybridized carbons (Fsp3) is 0.385. The largest absolute Gasteiger partial charge is 0.381 e. The van der Waals surface area contributed by atoms with Gasteiger partial charge in [0.05, 0.1) is 18.1 Å². The maximum atomic E-state index is 11.9. The Labute approximate surface area is 120 Å². The standard InChI is InChI=1S/C13H14BrClO3/c1-2-18-6-5-10(16)8-13(17)11-4-3-9(14)7-12(11)15/h3-4,7H,2,5-6,8H2,1H3.